The molecule has 0 fully saturated rings. The molecule has 1 heterocycles. The smallest absolute Gasteiger partial charge is 0.0991 e. The molecule has 0 aliphatic carbocycles. The number of aliphatic hydroxyl groups is 1. The van der Waals surface area contributed by atoms with E-state index in [0.29, 0.717) is 0 Å². The van der Waals surface area contributed by atoms with E-state index in [2.05, 4.69) is 29.0 Å². The van der Waals surface area contributed by atoms with Crippen LogP contribution in [0.4, 0.5) is 0 Å². The topological polar surface area (TPSA) is 189 Å². The molecule has 0 aromatic heterocycles. The minimum atomic E-state index is -5.17. The molecular weight excluding hydrogens is 444 g/mol. The molecule has 0 amide bonds. The van der Waals surface area contributed by atoms with E-state index >= 15 is 0 Å². The first-order chi connectivity index (χ1) is 14.9. The second-order valence-corrected chi connectivity index (χ2v) is 8.92. The molecule has 1 aliphatic rings. The Kier molecular flexibility index (Phi) is 28.3. The fraction of sp³-hybridized carbons (Fsp3) is 0.870. The average molecular weight is 497 g/mol. The molecule has 0 atom stereocenters. The zero-order valence-corrected chi connectivity index (χ0v) is 22.3. The summed E-state index contributed by atoms with van der Waals surface area (Å²) in [5.41, 5.74) is 0. The third-order valence-electron chi connectivity index (χ3n) is 5.31. The van der Waals surface area contributed by atoms with Crippen LogP contribution in [0.2, 0.25) is 0 Å². The summed E-state index contributed by atoms with van der Waals surface area (Å²) in [6.45, 7) is 5.20. The van der Waals surface area contributed by atoms with E-state index in [1.165, 1.54) is 95.7 Å². The molecule has 0 aromatic carbocycles. The quantitative estimate of drug-likeness (QED) is 0.0966. The molecule has 33 heavy (non-hydrogen) atoms. The number of rotatable bonds is 18. The van der Waals surface area contributed by atoms with Crippen LogP contribution in [-0.4, -0.2) is 59.6 Å². The van der Waals surface area contributed by atoms with Gasteiger partial charge in [0.25, 0.3) is 0 Å². The van der Waals surface area contributed by atoms with Crippen LogP contribution in [0.25, 0.3) is 0 Å². The van der Waals surface area contributed by atoms with Gasteiger partial charge in [0.05, 0.1) is 19.0 Å². The van der Waals surface area contributed by atoms with Crippen molar-refractivity contribution < 1.29 is 22.6 Å². The third kappa shape index (κ3) is 28.9. The molecule has 0 bridgehead atoms. The second kappa shape index (κ2) is 25.6. The van der Waals surface area contributed by atoms with Gasteiger partial charge in [-0.15, -0.1) is 0 Å². The largest absolute Gasteiger partial charge is 0.759 e. The van der Waals surface area contributed by atoms with Gasteiger partial charge in [0, 0.05) is 29.9 Å². The van der Waals surface area contributed by atoms with E-state index in [-0.39, 0.29) is 18.9 Å². The number of aliphatic hydroxyl groups excluding tert-OH is 1. The van der Waals surface area contributed by atoms with E-state index in [9.17, 15) is 0 Å². The predicted octanol–water partition coefficient (Wildman–Crippen LogP) is 5.53. The van der Waals surface area contributed by atoms with Gasteiger partial charge in [-0.25, -0.2) is 0 Å². The number of aliphatic imine (C=N–C) groups is 1. The number of allylic oxidation sites excluding steroid dienone is 2. The van der Waals surface area contributed by atoms with E-state index < -0.39 is 10.4 Å². The lowest BCUT2D eigenvalue weighted by Gasteiger charge is -2.18. The van der Waals surface area contributed by atoms with E-state index in [4.69, 9.17) is 22.6 Å². The number of nitrogens with zero attached hydrogens (tertiary/aromatic N) is 2. The summed E-state index contributed by atoms with van der Waals surface area (Å²) in [5.74, 6) is 1.23. The van der Waals surface area contributed by atoms with Crippen LogP contribution >= 0.6 is 0 Å². The summed E-state index contributed by atoms with van der Waals surface area (Å²) >= 11 is 0. The maximum Gasteiger partial charge on any atom is 0.0991 e. The van der Waals surface area contributed by atoms with Crippen molar-refractivity contribution in [2.45, 2.75) is 103 Å². The van der Waals surface area contributed by atoms with Crippen molar-refractivity contribution in [1.82, 2.24) is 17.2 Å². The summed E-state index contributed by atoms with van der Waals surface area (Å²) in [5, 5.41) is 9.06. The average Bonchev–Trinajstić information content (AvgIpc) is 3.14. The van der Waals surface area contributed by atoms with Crippen LogP contribution < -0.4 is 12.3 Å². The van der Waals surface area contributed by atoms with Crippen molar-refractivity contribution >= 4 is 16.2 Å². The number of quaternary nitrogens is 2. The highest BCUT2D eigenvalue weighted by Gasteiger charge is 2.14. The number of β-amino-alcohol motifs (C(OH)–C–C–N with tert-alkyl or cyclic N) is 1. The summed E-state index contributed by atoms with van der Waals surface area (Å²) in [6.07, 6.45) is 24.9. The molecule has 1 rings (SSSR count). The third-order valence-corrected chi connectivity index (χ3v) is 5.31. The Labute approximate surface area is 202 Å². The molecule has 0 saturated carbocycles. The van der Waals surface area contributed by atoms with Crippen LogP contribution in [-0.2, 0) is 10.4 Å². The summed E-state index contributed by atoms with van der Waals surface area (Å²) in [7, 11) is -5.17. The van der Waals surface area contributed by atoms with Gasteiger partial charge < -0.3 is 31.4 Å². The molecule has 0 spiro atoms. The molecule has 10 heteroatoms. The zero-order chi connectivity index (χ0) is 23.2. The lowest BCUT2D eigenvalue weighted by molar-refractivity contribution is 0.255. The monoisotopic (exact) mass is 496 g/mol. The van der Waals surface area contributed by atoms with Crippen LogP contribution in [0.1, 0.15) is 103 Å². The first-order valence-electron chi connectivity index (χ1n) is 12.1. The van der Waals surface area contributed by atoms with E-state index in [1.54, 1.807) is 0 Å². The summed E-state index contributed by atoms with van der Waals surface area (Å²) < 4.78 is 34.1. The van der Waals surface area contributed by atoms with Crippen LogP contribution in [0, 0.1) is 0 Å². The van der Waals surface area contributed by atoms with Gasteiger partial charge in [0.2, 0.25) is 0 Å². The molecular formula is C23H52N4O5S. The van der Waals surface area contributed by atoms with Gasteiger partial charge >= 0.3 is 0 Å². The Bertz CT molecular complexity index is 563. The molecule has 0 saturated heterocycles. The number of amidine groups is 1. The fourth-order valence-electron chi connectivity index (χ4n) is 3.66. The standard InChI is InChI=1S/C23H44N2O.2H3N.H2O4S/c1-2-3-4-5-6-7-8-9-10-11-12-13-14-15-16-17-18-23-24-19-20-25(23)21-22-26;;;1-5(2,3)4/h9-10,26H,2-8,11-22H2,1H3;2*1H3;(H2,1,2,3,4)/b10-9-;;;. The normalized spacial score (nSPS) is 13.2. The molecule has 200 valence electrons. The van der Waals surface area contributed by atoms with Gasteiger partial charge in [-0.05, 0) is 32.1 Å². The van der Waals surface area contributed by atoms with Gasteiger partial charge in [-0.2, -0.15) is 0 Å². The van der Waals surface area contributed by atoms with Crippen molar-refractivity contribution in [3.63, 3.8) is 0 Å². The summed E-state index contributed by atoms with van der Waals surface area (Å²) in [4.78, 5) is 6.81. The van der Waals surface area contributed by atoms with Crippen molar-refractivity contribution in [3.05, 3.63) is 12.2 Å². The molecule has 1 aliphatic heterocycles. The van der Waals surface area contributed by atoms with Gasteiger partial charge in [0.1, 0.15) is 0 Å². The maximum atomic E-state index is 9.06. The Balaban J connectivity index is -0.00000116. The SMILES string of the molecule is CCCCCCCC/C=C\CCCCCCCCC1=NCCN1CCO.O=S(=O)([O-])[O-].[NH4+].[NH4+]. The van der Waals surface area contributed by atoms with Crippen molar-refractivity contribution in [2.75, 3.05) is 26.2 Å². The molecule has 0 aromatic rings. The van der Waals surface area contributed by atoms with Gasteiger partial charge in [-0.1, -0.05) is 76.9 Å². The zero-order valence-electron chi connectivity index (χ0n) is 21.5. The van der Waals surface area contributed by atoms with Crippen molar-refractivity contribution in [2.24, 2.45) is 4.99 Å². The fourth-order valence-corrected chi connectivity index (χ4v) is 3.66. The highest BCUT2D eigenvalue weighted by molar-refractivity contribution is 7.79. The second-order valence-electron chi connectivity index (χ2n) is 8.10. The number of unbranched alkanes of at least 4 members (excludes halogenated alkanes) is 12. The Hall–Kier alpha value is -1.04. The van der Waals surface area contributed by atoms with E-state index in [1.807, 2.05) is 0 Å². The van der Waals surface area contributed by atoms with Crippen molar-refractivity contribution in [1.29, 1.82) is 0 Å². The first-order valence-corrected chi connectivity index (χ1v) is 13.4. The first kappa shape index (κ1) is 36.5. The highest BCUT2D eigenvalue weighted by atomic mass is 32.3. The summed E-state index contributed by atoms with van der Waals surface area (Å²) in [6, 6.07) is 0. The minimum Gasteiger partial charge on any atom is -0.759 e. The van der Waals surface area contributed by atoms with E-state index in [0.717, 1.165) is 26.1 Å². The highest BCUT2D eigenvalue weighted by Crippen LogP contribution is 2.13. The number of hydrogen-bond acceptors (Lipinski definition) is 7. The molecule has 0 unspecified atom stereocenters. The molecule has 9 nitrogen and oxygen atoms in total. The van der Waals surface area contributed by atoms with Crippen LogP contribution in [0.3, 0.4) is 0 Å². The van der Waals surface area contributed by atoms with Crippen molar-refractivity contribution in [3.8, 4) is 0 Å². The predicted molar refractivity (Wildman–Crippen MR) is 137 cm³/mol. The Morgan fingerprint density at radius 1 is 0.879 bits per heavy atom. The Morgan fingerprint density at radius 3 is 1.82 bits per heavy atom. The van der Waals surface area contributed by atoms with Gasteiger partial charge in [0.15, 0.2) is 0 Å². The minimum absolute atomic E-state index is 0. The molecule has 0 radical (unpaired) electrons. The Morgan fingerprint density at radius 2 is 1.33 bits per heavy atom. The number of hydrogen-bond donors (Lipinski definition) is 3. The lowest BCUT2D eigenvalue weighted by atomic mass is 10.1. The van der Waals surface area contributed by atoms with Gasteiger partial charge in [-0.3, -0.25) is 13.4 Å². The molecule has 9 N–H and O–H groups in total. The lowest BCUT2D eigenvalue weighted by Crippen LogP contribution is -2.30. The maximum absolute atomic E-state index is 9.06. The van der Waals surface area contributed by atoms with Crippen LogP contribution in [0.15, 0.2) is 17.1 Å². The van der Waals surface area contributed by atoms with Crippen LogP contribution in [0.5, 0.6) is 0 Å².